The molecule has 2 N–H and O–H groups in total. The van der Waals surface area contributed by atoms with Crippen LogP contribution in [0.15, 0.2) is 29.6 Å². The zero-order valence-corrected chi connectivity index (χ0v) is 13.5. The Morgan fingerprint density at radius 1 is 1.38 bits per heavy atom. The van der Waals surface area contributed by atoms with Crippen LogP contribution in [0.4, 0.5) is 0 Å². The molecule has 0 saturated heterocycles. The average molecular weight is 303 g/mol. The molecule has 4 heteroatoms. The van der Waals surface area contributed by atoms with Crippen LogP contribution in [-0.4, -0.2) is 12.1 Å². The van der Waals surface area contributed by atoms with Gasteiger partial charge in [-0.2, -0.15) is 0 Å². The summed E-state index contributed by atoms with van der Waals surface area (Å²) in [6.07, 6.45) is 0.786. The molecule has 1 aliphatic heterocycles. The van der Waals surface area contributed by atoms with Gasteiger partial charge in [0.2, 0.25) is 0 Å². The van der Waals surface area contributed by atoms with Gasteiger partial charge in [0.1, 0.15) is 11.7 Å². The Hall–Kier alpha value is -1.52. The fraction of sp³-hybridized carbons (Fsp3) is 0.412. The number of thiophene rings is 1. The van der Waals surface area contributed by atoms with E-state index in [2.05, 4.69) is 38.3 Å². The second-order valence-corrected chi connectivity index (χ2v) is 7.04. The quantitative estimate of drug-likeness (QED) is 0.933. The maximum Gasteiger partial charge on any atom is 0.165 e. The van der Waals surface area contributed by atoms with E-state index in [0.717, 1.165) is 17.9 Å². The summed E-state index contributed by atoms with van der Waals surface area (Å²) in [7, 11) is 0. The van der Waals surface area contributed by atoms with Gasteiger partial charge in [-0.15, -0.1) is 11.3 Å². The predicted octanol–water partition coefficient (Wildman–Crippen LogP) is 3.85. The van der Waals surface area contributed by atoms with Crippen LogP contribution in [0.1, 0.15) is 36.0 Å². The standard InChI is InChI=1S/C17H21NO2S/c1-11-7-8-21-16(11)14(10-18)19-13-6-4-5-12-9-17(2,3)20-15(12)13/h4-8,14H,9-10,18H2,1-3H3. The Kier molecular flexibility index (Phi) is 3.68. The van der Waals surface area contributed by atoms with Crippen molar-refractivity contribution in [2.75, 3.05) is 6.54 Å². The van der Waals surface area contributed by atoms with Crippen LogP contribution in [-0.2, 0) is 6.42 Å². The smallest absolute Gasteiger partial charge is 0.165 e. The van der Waals surface area contributed by atoms with Crippen LogP contribution in [0.2, 0.25) is 0 Å². The van der Waals surface area contributed by atoms with E-state index in [1.54, 1.807) is 11.3 Å². The second kappa shape index (κ2) is 5.35. The summed E-state index contributed by atoms with van der Waals surface area (Å²) in [5.41, 5.74) is 8.18. The Labute approximate surface area is 129 Å². The zero-order chi connectivity index (χ0) is 15.0. The summed E-state index contributed by atoms with van der Waals surface area (Å²) in [5.74, 6) is 1.66. The summed E-state index contributed by atoms with van der Waals surface area (Å²) >= 11 is 1.69. The van der Waals surface area contributed by atoms with Gasteiger partial charge in [0.05, 0.1) is 0 Å². The predicted molar refractivity (Wildman–Crippen MR) is 86.3 cm³/mol. The highest BCUT2D eigenvalue weighted by atomic mass is 32.1. The van der Waals surface area contributed by atoms with E-state index in [1.165, 1.54) is 16.0 Å². The van der Waals surface area contributed by atoms with Crippen molar-refractivity contribution in [3.8, 4) is 11.5 Å². The van der Waals surface area contributed by atoms with Crippen molar-refractivity contribution in [3.63, 3.8) is 0 Å². The lowest BCUT2D eigenvalue weighted by Crippen LogP contribution is -2.25. The number of rotatable bonds is 4. The van der Waals surface area contributed by atoms with Gasteiger partial charge in [-0.3, -0.25) is 0 Å². The molecule has 0 bridgehead atoms. The van der Waals surface area contributed by atoms with E-state index >= 15 is 0 Å². The molecule has 1 aromatic heterocycles. The number of para-hydroxylation sites is 1. The van der Waals surface area contributed by atoms with Crippen LogP contribution in [0.3, 0.4) is 0 Å². The molecule has 1 aromatic carbocycles. The maximum atomic E-state index is 6.19. The van der Waals surface area contributed by atoms with Crippen LogP contribution in [0.25, 0.3) is 0 Å². The van der Waals surface area contributed by atoms with Crippen molar-refractivity contribution in [3.05, 3.63) is 45.6 Å². The minimum atomic E-state index is -0.168. The van der Waals surface area contributed by atoms with Crippen molar-refractivity contribution >= 4 is 11.3 Å². The molecule has 3 nitrogen and oxygen atoms in total. The van der Waals surface area contributed by atoms with Crippen molar-refractivity contribution < 1.29 is 9.47 Å². The van der Waals surface area contributed by atoms with E-state index in [-0.39, 0.29) is 11.7 Å². The number of ether oxygens (including phenoxy) is 2. The highest BCUT2D eigenvalue weighted by Crippen LogP contribution is 2.43. The Morgan fingerprint density at radius 2 is 2.19 bits per heavy atom. The van der Waals surface area contributed by atoms with E-state index in [1.807, 2.05) is 12.1 Å². The van der Waals surface area contributed by atoms with Gasteiger partial charge in [-0.05, 0) is 43.8 Å². The molecule has 2 aromatic rings. The molecule has 1 atom stereocenters. The third kappa shape index (κ3) is 2.78. The molecule has 112 valence electrons. The van der Waals surface area contributed by atoms with E-state index < -0.39 is 0 Å². The number of nitrogens with two attached hydrogens (primary N) is 1. The Bertz CT molecular complexity index is 648. The van der Waals surface area contributed by atoms with E-state index in [0.29, 0.717) is 6.54 Å². The average Bonchev–Trinajstić information content (AvgIpc) is 2.98. The van der Waals surface area contributed by atoms with Gasteiger partial charge in [0.25, 0.3) is 0 Å². The molecule has 21 heavy (non-hydrogen) atoms. The van der Waals surface area contributed by atoms with Crippen molar-refractivity contribution in [2.45, 2.75) is 38.9 Å². The number of benzene rings is 1. The van der Waals surface area contributed by atoms with Crippen LogP contribution in [0.5, 0.6) is 11.5 Å². The topological polar surface area (TPSA) is 44.5 Å². The Balaban J connectivity index is 1.89. The molecule has 0 aliphatic carbocycles. The fourth-order valence-corrected chi connectivity index (χ4v) is 3.73. The maximum absolute atomic E-state index is 6.19. The summed E-state index contributed by atoms with van der Waals surface area (Å²) in [6.45, 7) is 6.74. The first-order valence-corrected chi connectivity index (χ1v) is 8.10. The van der Waals surface area contributed by atoms with Gasteiger partial charge in [0, 0.05) is 23.4 Å². The van der Waals surface area contributed by atoms with Gasteiger partial charge in [0.15, 0.2) is 11.5 Å². The lowest BCUT2D eigenvalue weighted by atomic mass is 10.0. The van der Waals surface area contributed by atoms with E-state index in [4.69, 9.17) is 15.2 Å². The SMILES string of the molecule is Cc1ccsc1C(CN)Oc1cccc2c1OC(C)(C)C2. The first-order chi connectivity index (χ1) is 10.00. The van der Waals surface area contributed by atoms with Gasteiger partial charge >= 0.3 is 0 Å². The summed E-state index contributed by atoms with van der Waals surface area (Å²) in [4.78, 5) is 1.19. The molecule has 3 rings (SSSR count). The first-order valence-electron chi connectivity index (χ1n) is 7.22. The Morgan fingerprint density at radius 3 is 2.86 bits per heavy atom. The molecule has 2 heterocycles. The molecule has 0 saturated carbocycles. The van der Waals surface area contributed by atoms with Crippen molar-refractivity contribution in [1.82, 2.24) is 0 Å². The third-order valence-corrected chi connectivity index (χ3v) is 4.84. The molecule has 1 aliphatic rings. The zero-order valence-electron chi connectivity index (χ0n) is 12.7. The lowest BCUT2D eigenvalue weighted by molar-refractivity contribution is 0.126. The molecule has 1 unspecified atom stereocenters. The largest absolute Gasteiger partial charge is 0.483 e. The lowest BCUT2D eigenvalue weighted by Gasteiger charge is -2.21. The molecular formula is C17H21NO2S. The number of aryl methyl sites for hydroxylation is 1. The molecule has 0 radical (unpaired) electrons. The monoisotopic (exact) mass is 303 g/mol. The van der Waals surface area contributed by atoms with Crippen molar-refractivity contribution in [2.24, 2.45) is 5.73 Å². The molecule has 0 fully saturated rings. The number of hydrogen-bond donors (Lipinski definition) is 1. The normalized spacial score (nSPS) is 17.1. The fourth-order valence-electron chi connectivity index (χ4n) is 2.76. The molecular weight excluding hydrogens is 282 g/mol. The summed E-state index contributed by atoms with van der Waals surface area (Å²) in [6, 6.07) is 8.19. The highest BCUT2D eigenvalue weighted by Gasteiger charge is 2.33. The van der Waals surface area contributed by atoms with Crippen LogP contribution in [0, 0.1) is 6.92 Å². The number of fused-ring (bicyclic) bond motifs is 1. The van der Waals surface area contributed by atoms with E-state index in [9.17, 15) is 0 Å². The first kappa shape index (κ1) is 14.4. The van der Waals surface area contributed by atoms with Crippen molar-refractivity contribution in [1.29, 1.82) is 0 Å². The third-order valence-electron chi connectivity index (χ3n) is 3.73. The minimum Gasteiger partial charge on any atom is -0.483 e. The van der Waals surface area contributed by atoms with Crippen LogP contribution >= 0.6 is 11.3 Å². The minimum absolute atomic E-state index is 0.121. The molecule has 0 spiro atoms. The highest BCUT2D eigenvalue weighted by molar-refractivity contribution is 7.10. The number of hydrogen-bond acceptors (Lipinski definition) is 4. The summed E-state index contributed by atoms with van der Waals surface area (Å²) < 4.78 is 12.2. The summed E-state index contributed by atoms with van der Waals surface area (Å²) in [5, 5.41) is 2.08. The van der Waals surface area contributed by atoms with Crippen LogP contribution < -0.4 is 15.2 Å². The van der Waals surface area contributed by atoms with Gasteiger partial charge in [-0.25, -0.2) is 0 Å². The van der Waals surface area contributed by atoms with Gasteiger partial charge < -0.3 is 15.2 Å². The molecule has 0 amide bonds. The second-order valence-electron chi connectivity index (χ2n) is 6.09. The van der Waals surface area contributed by atoms with Gasteiger partial charge in [-0.1, -0.05) is 12.1 Å².